The molecule has 0 aliphatic carbocycles. The van der Waals surface area contributed by atoms with Gasteiger partial charge in [-0.25, -0.2) is 0 Å². The minimum absolute atomic E-state index is 0.214. The fourth-order valence-electron chi connectivity index (χ4n) is 2.45. The van der Waals surface area contributed by atoms with Crippen molar-refractivity contribution in [3.05, 3.63) is 60.9 Å². The van der Waals surface area contributed by atoms with Gasteiger partial charge in [0.1, 0.15) is 11.4 Å². The van der Waals surface area contributed by atoms with Gasteiger partial charge in [-0.15, -0.1) is 0 Å². The zero-order valence-electron chi connectivity index (χ0n) is 11.1. The van der Waals surface area contributed by atoms with E-state index in [-0.39, 0.29) is 5.75 Å². The maximum Gasteiger partial charge on any atom is 0.151 e. The van der Waals surface area contributed by atoms with Gasteiger partial charge in [-0.3, -0.25) is 5.10 Å². The Morgan fingerprint density at radius 2 is 1.76 bits per heavy atom. The molecule has 0 unspecified atom stereocenters. The highest BCUT2D eigenvalue weighted by Crippen LogP contribution is 2.33. The van der Waals surface area contributed by atoms with Crippen LogP contribution in [0.3, 0.4) is 0 Å². The van der Waals surface area contributed by atoms with Crippen molar-refractivity contribution in [2.45, 2.75) is 0 Å². The average molecular weight is 276 g/mol. The van der Waals surface area contributed by atoms with E-state index in [2.05, 4.69) is 10.2 Å². The van der Waals surface area contributed by atoms with Crippen LogP contribution in [0.1, 0.15) is 0 Å². The first kappa shape index (κ1) is 11.8. The van der Waals surface area contributed by atoms with Crippen molar-refractivity contribution >= 4 is 10.8 Å². The standard InChI is InChI=1S/C17H12N2O2/c20-16-9-12-5-2-1-4-11(12)8-13(16)14-10-15(19-18-14)17-6-3-7-21-17/h1-10,20H,(H,18,19). The highest BCUT2D eigenvalue weighted by molar-refractivity contribution is 5.90. The summed E-state index contributed by atoms with van der Waals surface area (Å²) in [4.78, 5) is 0. The molecule has 2 heterocycles. The van der Waals surface area contributed by atoms with Crippen LogP contribution in [0, 0.1) is 0 Å². The summed E-state index contributed by atoms with van der Waals surface area (Å²) >= 11 is 0. The van der Waals surface area contributed by atoms with Gasteiger partial charge in [-0.1, -0.05) is 24.3 Å². The lowest BCUT2D eigenvalue weighted by molar-refractivity contribution is 0.478. The van der Waals surface area contributed by atoms with Gasteiger partial charge < -0.3 is 9.52 Å². The number of aromatic nitrogens is 2. The summed E-state index contributed by atoms with van der Waals surface area (Å²) in [6.07, 6.45) is 1.61. The summed E-state index contributed by atoms with van der Waals surface area (Å²) in [5, 5.41) is 19.5. The van der Waals surface area contributed by atoms with E-state index in [0.717, 1.165) is 16.5 Å². The van der Waals surface area contributed by atoms with Crippen molar-refractivity contribution in [2.24, 2.45) is 0 Å². The molecule has 21 heavy (non-hydrogen) atoms. The van der Waals surface area contributed by atoms with Crippen LogP contribution in [0.2, 0.25) is 0 Å². The number of phenols is 1. The number of benzene rings is 2. The van der Waals surface area contributed by atoms with Gasteiger partial charge in [-0.2, -0.15) is 5.10 Å². The third kappa shape index (κ3) is 1.97. The molecule has 0 bridgehead atoms. The van der Waals surface area contributed by atoms with Gasteiger partial charge in [-0.05, 0) is 41.1 Å². The molecule has 0 saturated carbocycles. The zero-order valence-corrected chi connectivity index (χ0v) is 11.1. The van der Waals surface area contributed by atoms with Crippen LogP contribution in [0.5, 0.6) is 5.75 Å². The van der Waals surface area contributed by atoms with Crippen molar-refractivity contribution in [1.82, 2.24) is 10.2 Å². The molecule has 0 fully saturated rings. The van der Waals surface area contributed by atoms with Crippen LogP contribution in [0.25, 0.3) is 33.5 Å². The van der Waals surface area contributed by atoms with Crippen molar-refractivity contribution in [2.75, 3.05) is 0 Å². The van der Waals surface area contributed by atoms with Crippen LogP contribution >= 0.6 is 0 Å². The summed E-state index contributed by atoms with van der Waals surface area (Å²) < 4.78 is 5.34. The molecule has 0 atom stereocenters. The summed E-state index contributed by atoms with van der Waals surface area (Å²) in [5.41, 5.74) is 2.16. The maximum atomic E-state index is 10.2. The number of phenolic OH excluding ortho intramolecular Hbond substituents is 1. The Balaban J connectivity index is 1.85. The Bertz CT molecular complexity index is 908. The van der Waals surface area contributed by atoms with E-state index < -0.39 is 0 Å². The first-order chi connectivity index (χ1) is 10.3. The van der Waals surface area contributed by atoms with Gasteiger partial charge in [0.2, 0.25) is 0 Å². The number of H-pyrrole nitrogens is 1. The molecule has 0 saturated heterocycles. The number of rotatable bonds is 2. The minimum Gasteiger partial charge on any atom is -0.507 e. The van der Waals surface area contributed by atoms with E-state index in [1.165, 1.54) is 0 Å². The van der Waals surface area contributed by atoms with E-state index in [0.29, 0.717) is 17.0 Å². The van der Waals surface area contributed by atoms with E-state index in [4.69, 9.17) is 4.42 Å². The number of hydrogen-bond acceptors (Lipinski definition) is 3. The fraction of sp³-hybridized carbons (Fsp3) is 0. The van der Waals surface area contributed by atoms with Crippen LogP contribution in [-0.2, 0) is 0 Å². The topological polar surface area (TPSA) is 62.1 Å². The third-order valence-corrected chi connectivity index (χ3v) is 3.50. The third-order valence-electron chi connectivity index (χ3n) is 3.50. The molecule has 0 aliphatic rings. The summed E-state index contributed by atoms with van der Waals surface area (Å²) in [7, 11) is 0. The van der Waals surface area contributed by atoms with Gasteiger partial charge >= 0.3 is 0 Å². The second-order valence-corrected chi connectivity index (χ2v) is 4.86. The number of nitrogens with one attached hydrogen (secondary N) is 1. The van der Waals surface area contributed by atoms with Crippen LogP contribution < -0.4 is 0 Å². The summed E-state index contributed by atoms with van der Waals surface area (Å²) in [5.74, 6) is 0.931. The lowest BCUT2D eigenvalue weighted by atomic mass is 10.0. The predicted octanol–water partition coefficient (Wildman–Crippen LogP) is 4.20. The Morgan fingerprint density at radius 3 is 2.52 bits per heavy atom. The van der Waals surface area contributed by atoms with Crippen molar-refractivity contribution in [3.63, 3.8) is 0 Å². The Morgan fingerprint density at radius 1 is 0.952 bits per heavy atom. The second kappa shape index (κ2) is 4.52. The maximum absolute atomic E-state index is 10.2. The number of aromatic hydroxyl groups is 1. The van der Waals surface area contributed by atoms with E-state index in [1.807, 2.05) is 48.5 Å². The number of fused-ring (bicyclic) bond motifs is 1. The normalized spacial score (nSPS) is 11.0. The van der Waals surface area contributed by atoms with Gasteiger partial charge in [0.15, 0.2) is 5.76 Å². The molecule has 4 heteroatoms. The fourth-order valence-corrected chi connectivity index (χ4v) is 2.45. The molecule has 102 valence electrons. The largest absolute Gasteiger partial charge is 0.507 e. The molecule has 0 radical (unpaired) electrons. The van der Waals surface area contributed by atoms with Crippen LogP contribution in [0.4, 0.5) is 0 Å². The molecule has 2 N–H and O–H groups in total. The number of furan rings is 1. The lowest BCUT2D eigenvalue weighted by Crippen LogP contribution is -1.81. The number of hydrogen-bond donors (Lipinski definition) is 2. The molecule has 4 nitrogen and oxygen atoms in total. The second-order valence-electron chi connectivity index (χ2n) is 4.86. The molecule has 0 amide bonds. The van der Waals surface area contributed by atoms with Crippen molar-refractivity contribution in [1.29, 1.82) is 0 Å². The summed E-state index contributed by atoms with van der Waals surface area (Å²) in [6, 6.07) is 17.1. The molecule has 4 aromatic rings. The monoisotopic (exact) mass is 276 g/mol. The Kier molecular flexibility index (Phi) is 2.54. The molecule has 0 spiro atoms. The van der Waals surface area contributed by atoms with Crippen LogP contribution in [-0.4, -0.2) is 15.3 Å². The lowest BCUT2D eigenvalue weighted by Gasteiger charge is -2.04. The highest BCUT2D eigenvalue weighted by Gasteiger charge is 2.12. The average Bonchev–Trinajstić information content (AvgIpc) is 3.17. The molecule has 2 aromatic carbocycles. The first-order valence-corrected chi connectivity index (χ1v) is 6.63. The molecule has 0 aliphatic heterocycles. The highest BCUT2D eigenvalue weighted by atomic mass is 16.3. The molecular formula is C17H12N2O2. The Labute approximate surface area is 120 Å². The van der Waals surface area contributed by atoms with Crippen molar-refractivity contribution in [3.8, 4) is 28.5 Å². The quantitative estimate of drug-likeness (QED) is 0.577. The van der Waals surface area contributed by atoms with Gasteiger partial charge in [0.25, 0.3) is 0 Å². The minimum atomic E-state index is 0.214. The first-order valence-electron chi connectivity index (χ1n) is 6.63. The number of aromatic amines is 1. The molecule has 4 rings (SSSR count). The zero-order chi connectivity index (χ0) is 14.2. The Hall–Kier alpha value is -3.01. The molecule has 2 aromatic heterocycles. The van der Waals surface area contributed by atoms with E-state index >= 15 is 0 Å². The van der Waals surface area contributed by atoms with E-state index in [1.54, 1.807) is 12.3 Å². The molecular weight excluding hydrogens is 264 g/mol. The van der Waals surface area contributed by atoms with E-state index in [9.17, 15) is 5.11 Å². The van der Waals surface area contributed by atoms with Crippen LogP contribution in [0.15, 0.2) is 65.3 Å². The SMILES string of the molecule is Oc1cc2ccccc2cc1-c1cc(-c2ccco2)[nH]n1. The smallest absolute Gasteiger partial charge is 0.151 e. The number of nitrogens with zero attached hydrogens (tertiary/aromatic N) is 1. The summed E-state index contributed by atoms with van der Waals surface area (Å²) in [6.45, 7) is 0. The van der Waals surface area contributed by atoms with Gasteiger partial charge in [0.05, 0.1) is 12.0 Å². The van der Waals surface area contributed by atoms with Crippen molar-refractivity contribution < 1.29 is 9.52 Å². The predicted molar refractivity (Wildman–Crippen MR) is 80.9 cm³/mol. The van der Waals surface area contributed by atoms with Gasteiger partial charge in [0, 0.05) is 5.56 Å².